The van der Waals surface area contributed by atoms with Crippen LogP contribution in [-0.4, -0.2) is 30.6 Å². The van der Waals surface area contributed by atoms with Crippen LogP contribution in [0.1, 0.15) is 29.0 Å². The van der Waals surface area contributed by atoms with E-state index in [0.717, 1.165) is 5.56 Å². The van der Waals surface area contributed by atoms with Gasteiger partial charge in [-0.25, -0.2) is 15.0 Å². The van der Waals surface area contributed by atoms with Crippen LogP contribution < -0.4 is 5.32 Å². The minimum Gasteiger partial charge on any atom is -0.344 e. The molecule has 0 radical (unpaired) electrons. The van der Waals surface area contributed by atoms with Crippen molar-refractivity contribution in [1.82, 2.24) is 30.0 Å². The Morgan fingerprint density at radius 3 is 2.58 bits per heavy atom. The molecule has 1 aromatic carbocycles. The second kappa shape index (κ2) is 8.61. The Labute approximate surface area is 183 Å². The van der Waals surface area contributed by atoms with Gasteiger partial charge in [-0.2, -0.15) is 9.49 Å². The number of benzene rings is 1. The lowest BCUT2D eigenvalue weighted by atomic mass is 10.1. The van der Waals surface area contributed by atoms with Crippen molar-refractivity contribution in [1.29, 1.82) is 0 Å². The molecule has 1 N–H and O–H groups in total. The van der Waals surface area contributed by atoms with Crippen LogP contribution in [0.25, 0.3) is 22.6 Å². The van der Waals surface area contributed by atoms with Gasteiger partial charge in [-0.15, -0.1) is 0 Å². The van der Waals surface area contributed by atoms with E-state index < -0.39 is 17.9 Å². The van der Waals surface area contributed by atoms with Crippen molar-refractivity contribution in [3.63, 3.8) is 0 Å². The van der Waals surface area contributed by atoms with Crippen LogP contribution in [0.4, 0.5) is 4.39 Å². The van der Waals surface area contributed by atoms with Crippen LogP contribution in [0.15, 0.2) is 61.1 Å². The van der Waals surface area contributed by atoms with Crippen LogP contribution in [0, 0.1) is 5.95 Å². The molecular formula is C22H18ClFN6O. The monoisotopic (exact) mass is 436 g/mol. The number of nitrogens with one attached hydrogen (secondary N) is 1. The zero-order valence-electron chi connectivity index (χ0n) is 16.8. The summed E-state index contributed by atoms with van der Waals surface area (Å²) in [7, 11) is 1.79. The molecule has 0 spiro atoms. The van der Waals surface area contributed by atoms with Crippen LogP contribution in [-0.2, 0) is 7.05 Å². The molecule has 0 aliphatic heterocycles. The maximum absolute atomic E-state index is 13.4. The normalized spacial score (nSPS) is 11.9. The van der Waals surface area contributed by atoms with Crippen molar-refractivity contribution in [3.8, 4) is 22.6 Å². The van der Waals surface area contributed by atoms with Crippen molar-refractivity contribution in [2.24, 2.45) is 7.05 Å². The molecule has 9 heteroatoms. The highest BCUT2D eigenvalue weighted by atomic mass is 35.5. The molecule has 0 fully saturated rings. The molecule has 3 heterocycles. The molecule has 4 aromatic rings. The summed E-state index contributed by atoms with van der Waals surface area (Å²) in [5, 5.41) is 7.60. The topological polar surface area (TPSA) is 85.6 Å². The largest absolute Gasteiger partial charge is 0.344 e. The zero-order valence-corrected chi connectivity index (χ0v) is 17.5. The minimum absolute atomic E-state index is 0.181. The number of rotatable bonds is 5. The van der Waals surface area contributed by atoms with Gasteiger partial charge in [0.2, 0.25) is 5.95 Å². The summed E-state index contributed by atoms with van der Waals surface area (Å²) in [6, 6.07) is 11.2. The molecule has 1 amide bonds. The van der Waals surface area contributed by atoms with E-state index >= 15 is 0 Å². The fourth-order valence-electron chi connectivity index (χ4n) is 3.04. The number of amides is 1. The van der Waals surface area contributed by atoms with Crippen molar-refractivity contribution < 1.29 is 9.18 Å². The Kier molecular flexibility index (Phi) is 5.73. The van der Waals surface area contributed by atoms with Gasteiger partial charge in [-0.3, -0.25) is 9.48 Å². The van der Waals surface area contributed by atoms with E-state index in [2.05, 4.69) is 25.4 Å². The summed E-state index contributed by atoms with van der Waals surface area (Å²) >= 11 is 6.00. The Balaban J connectivity index is 1.70. The third kappa shape index (κ3) is 4.75. The van der Waals surface area contributed by atoms with Crippen molar-refractivity contribution in [3.05, 3.63) is 83.3 Å². The summed E-state index contributed by atoms with van der Waals surface area (Å²) in [6.45, 7) is 1.76. The Morgan fingerprint density at radius 2 is 1.90 bits per heavy atom. The fraction of sp³-hybridized carbons (Fsp3) is 0.136. The summed E-state index contributed by atoms with van der Waals surface area (Å²) in [4.78, 5) is 25.6. The minimum atomic E-state index is -0.607. The molecule has 31 heavy (non-hydrogen) atoms. The van der Waals surface area contributed by atoms with Crippen LogP contribution in [0.5, 0.6) is 0 Å². The van der Waals surface area contributed by atoms with Gasteiger partial charge in [0, 0.05) is 30.0 Å². The van der Waals surface area contributed by atoms with Gasteiger partial charge in [0.25, 0.3) is 5.91 Å². The highest BCUT2D eigenvalue weighted by Crippen LogP contribution is 2.24. The number of hydrogen-bond donors (Lipinski definition) is 1. The van der Waals surface area contributed by atoms with E-state index in [-0.39, 0.29) is 5.69 Å². The molecule has 1 atom stereocenters. The first kappa shape index (κ1) is 20.6. The van der Waals surface area contributed by atoms with E-state index in [9.17, 15) is 9.18 Å². The number of nitrogens with zero attached hydrogens (tertiary/aromatic N) is 5. The molecule has 3 aromatic heterocycles. The van der Waals surface area contributed by atoms with Gasteiger partial charge in [0.1, 0.15) is 5.69 Å². The molecule has 156 valence electrons. The number of hydrogen-bond acceptors (Lipinski definition) is 5. The summed E-state index contributed by atoms with van der Waals surface area (Å²) in [5.41, 5.74) is 2.81. The standard InChI is InChI=1S/C22H18ClFN6O/c1-13(15-7-8-25-20(24)9-15)27-22(31)19-10-18(14-3-5-17(23)6-4-14)28-21(29-19)16-11-26-30(2)12-16/h3-13H,1-2H3,(H,27,31). The van der Waals surface area contributed by atoms with Gasteiger partial charge in [-0.05, 0) is 42.8 Å². The first-order chi connectivity index (χ1) is 14.9. The summed E-state index contributed by atoms with van der Waals surface area (Å²) < 4.78 is 15.1. The average Bonchev–Trinajstić information content (AvgIpc) is 3.20. The molecule has 1 unspecified atom stereocenters. The molecular weight excluding hydrogens is 419 g/mol. The zero-order chi connectivity index (χ0) is 22.0. The van der Waals surface area contributed by atoms with Crippen molar-refractivity contribution in [2.75, 3.05) is 0 Å². The lowest BCUT2D eigenvalue weighted by Crippen LogP contribution is -2.28. The van der Waals surface area contributed by atoms with E-state index in [0.29, 0.717) is 27.7 Å². The molecule has 4 rings (SSSR count). The van der Waals surface area contributed by atoms with Gasteiger partial charge >= 0.3 is 0 Å². The quantitative estimate of drug-likeness (QED) is 0.473. The molecule has 0 aliphatic carbocycles. The molecule has 0 saturated heterocycles. The van der Waals surface area contributed by atoms with Crippen LogP contribution in [0.2, 0.25) is 5.02 Å². The number of carbonyl (C=O) groups excluding carboxylic acids is 1. The van der Waals surface area contributed by atoms with Crippen molar-refractivity contribution in [2.45, 2.75) is 13.0 Å². The number of halogens is 2. The number of aromatic nitrogens is 5. The predicted molar refractivity (Wildman–Crippen MR) is 115 cm³/mol. The van der Waals surface area contributed by atoms with Crippen LogP contribution >= 0.6 is 11.6 Å². The molecule has 0 aliphatic rings. The highest BCUT2D eigenvalue weighted by molar-refractivity contribution is 6.30. The van der Waals surface area contributed by atoms with E-state index in [4.69, 9.17) is 11.6 Å². The van der Waals surface area contributed by atoms with Gasteiger partial charge < -0.3 is 5.32 Å². The van der Waals surface area contributed by atoms with Gasteiger partial charge in [-0.1, -0.05) is 23.7 Å². The molecule has 0 saturated carbocycles. The number of carbonyl (C=O) groups is 1. The van der Waals surface area contributed by atoms with E-state index in [1.165, 1.54) is 12.3 Å². The Hall–Kier alpha value is -3.65. The van der Waals surface area contributed by atoms with Crippen LogP contribution in [0.3, 0.4) is 0 Å². The van der Waals surface area contributed by atoms with Gasteiger partial charge in [0.15, 0.2) is 5.82 Å². The van der Waals surface area contributed by atoms with Gasteiger partial charge in [0.05, 0.1) is 23.5 Å². The van der Waals surface area contributed by atoms with E-state index in [1.807, 2.05) is 12.1 Å². The molecule has 7 nitrogen and oxygen atoms in total. The predicted octanol–water partition coefficient (Wildman–Crippen LogP) is 4.22. The Morgan fingerprint density at radius 1 is 1.13 bits per heavy atom. The first-order valence-corrected chi connectivity index (χ1v) is 9.83. The lowest BCUT2D eigenvalue weighted by molar-refractivity contribution is 0.0934. The SMILES string of the molecule is CC(NC(=O)c1cc(-c2ccc(Cl)cc2)nc(-c2cnn(C)c2)n1)c1ccnc(F)c1. The summed E-state index contributed by atoms with van der Waals surface area (Å²) in [5.74, 6) is -0.648. The van der Waals surface area contributed by atoms with E-state index in [1.54, 1.807) is 55.3 Å². The average molecular weight is 437 g/mol. The third-order valence-electron chi connectivity index (χ3n) is 4.66. The van der Waals surface area contributed by atoms with Crippen molar-refractivity contribution >= 4 is 17.5 Å². The smallest absolute Gasteiger partial charge is 0.270 e. The summed E-state index contributed by atoms with van der Waals surface area (Å²) in [6.07, 6.45) is 4.76. The maximum Gasteiger partial charge on any atom is 0.270 e. The first-order valence-electron chi connectivity index (χ1n) is 9.45. The number of aryl methyl sites for hydroxylation is 1. The number of pyridine rings is 1. The second-order valence-electron chi connectivity index (χ2n) is 6.98. The maximum atomic E-state index is 13.4. The lowest BCUT2D eigenvalue weighted by Gasteiger charge is -2.15. The highest BCUT2D eigenvalue weighted by Gasteiger charge is 2.18. The Bertz CT molecular complexity index is 1240. The second-order valence-corrected chi connectivity index (χ2v) is 7.42. The molecule has 0 bridgehead atoms. The third-order valence-corrected chi connectivity index (χ3v) is 4.91. The fourth-order valence-corrected chi connectivity index (χ4v) is 3.16.